The van der Waals surface area contributed by atoms with Gasteiger partial charge in [-0.25, -0.2) is 4.79 Å². The van der Waals surface area contributed by atoms with Crippen LogP contribution < -0.4 is 21.9 Å². The Balaban J connectivity index is 2.32. The highest BCUT2D eigenvalue weighted by atomic mass is 32.1. The van der Waals surface area contributed by atoms with Gasteiger partial charge in [-0.2, -0.15) is 0 Å². The van der Waals surface area contributed by atoms with E-state index in [9.17, 15) is 14.4 Å². The van der Waals surface area contributed by atoms with Crippen LogP contribution in [0.2, 0.25) is 0 Å². The molecule has 154 valence electrons. The van der Waals surface area contributed by atoms with Crippen molar-refractivity contribution < 1.29 is 4.79 Å². The average Bonchev–Trinajstić information content (AvgIpc) is 3.10. The van der Waals surface area contributed by atoms with Gasteiger partial charge in [0, 0.05) is 24.4 Å². The Morgan fingerprint density at radius 2 is 1.96 bits per heavy atom. The number of H-pyrrole nitrogens is 1. The van der Waals surface area contributed by atoms with E-state index in [1.165, 1.54) is 14.3 Å². The summed E-state index contributed by atoms with van der Waals surface area (Å²) >= 11 is 1.67. The summed E-state index contributed by atoms with van der Waals surface area (Å²) in [7, 11) is 0. The second kappa shape index (κ2) is 9.73. The van der Waals surface area contributed by atoms with Crippen molar-refractivity contribution in [3.8, 4) is 0 Å². The summed E-state index contributed by atoms with van der Waals surface area (Å²) in [6.45, 7) is 8.60. The molecule has 0 fully saturated rings. The molecule has 0 atom stereocenters. The van der Waals surface area contributed by atoms with Gasteiger partial charge in [-0.3, -0.25) is 19.1 Å². The summed E-state index contributed by atoms with van der Waals surface area (Å²) in [5.41, 5.74) is 5.12. The standard InChI is InChI=1S/C20H30N4O3S/c1-13(2)11-23(16(25)9-5-7-15-8-6-10-28-15)17-18(21)24(12-14(3)4)20(27)22-19(17)26/h6,8,10,13-14H,5,7,9,11-12,21H2,1-4H3,(H,22,26,27). The largest absolute Gasteiger partial charge is 0.383 e. The summed E-state index contributed by atoms with van der Waals surface area (Å²) in [6.07, 6.45) is 1.82. The van der Waals surface area contributed by atoms with Gasteiger partial charge in [0.15, 0.2) is 5.69 Å². The Hall–Kier alpha value is -2.35. The zero-order valence-electron chi connectivity index (χ0n) is 17.0. The molecule has 3 N–H and O–H groups in total. The highest BCUT2D eigenvalue weighted by molar-refractivity contribution is 7.09. The molecule has 0 spiro atoms. The Bertz CT molecular complexity index is 897. The Labute approximate surface area is 169 Å². The minimum absolute atomic E-state index is 0.0507. The topological polar surface area (TPSA) is 101 Å². The first-order valence-corrected chi connectivity index (χ1v) is 10.5. The summed E-state index contributed by atoms with van der Waals surface area (Å²) < 4.78 is 1.34. The van der Waals surface area contributed by atoms with Gasteiger partial charge in [-0.15, -0.1) is 11.3 Å². The molecular formula is C20H30N4O3S. The van der Waals surface area contributed by atoms with Crippen LogP contribution in [-0.4, -0.2) is 22.0 Å². The van der Waals surface area contributed by atoms with Gasteiger partial charge in [-0.1, -0.05) is 33.8 Å². The predicted octanol–water partition coefficient (Wildman–Crippen LogP) is 2.85. The van der Waals surface area contributed by atoms with Gasteiger partial charge in [0.1, 0.15) is 5.82 Å². The lowest BCUT2D eigenvalue weighted by atomic mass is 10.1. The first kappa shape index (κ1) is 21.9. The van der Waals surface area contributed by atoms with E-state index >= 15 is 0 Å². The van der Waals surface area contributed by atoms with Crippen LogP contribution in [0.4, 0.5) is 11.5 Å². The van der Waals surface area contributed by atoms with E-state index in [1.807, 2.05) is 45.2 Å². The van der Waals surface area contributed by atoms with Crippen molar-refractivity contribution in [1.29, 1.82) is 0 Å². The number of carbonyl (C=O) groups excluding carboxylic acids is 1. The van der Waals surface area contributed by atoms with E-state index in [1.54, 1.807) is 11.3 Å². The van der Waals surface area contributed by atoms with Crippen molar-refractivity contribution in [2.45, 2.75) is 53.5 Å². The smallest absolute Gasteiger partial charge is 0.330 e. The van der Waals surface area contributed by atoms with E-state index in [0.717, 1.165) is 6.42 Å². The van der Waals surface area contributed by atoms with Crippen molar-refractivity contribution in [2.24, 2.45) is 11.8 Å². The molecule has 0 aliphatic heterocycles. The van der Waals surface area contributed by atoms with Crippen molar-refractivity contribution in [2.75, 3.05) is 17.2 Å². The molecule has 7 nitrogen and oxygen atoms in total. The Morgan fingerprint density at radius 1 is 1.25 bits per heavy atom. The van der Waals surface area contributed by atoms with E-state index in [2.05, 4.69) is 4.98 Å². The van der Waals surface area contributed by atoms with Gasteiger partial charge in [-0.05, 0) is 36.1 Å². The molecule has 2 aromatic heterocycles. The van der Waals surface area contributed by atoms with Gasteiger partial charge in [0.05, 0.1) is 0 Å². The van der Waals surface area contributed by atoms with E-state index < -0.39 is 11.2 Å². The minimum atomic E-state index is -0.616. The molecule has 28 heavy (non-hydrogen) atoms. The fraction of sp³-hybridized carbons (Fsp3) is 0.550. The number of nitrogen functional groups attached to an aromatic ring is 1. The van der Waals surface area contributed by atoms with E-state index in [4.69, 9.17) is 5.73 Å². The van der Waals surface area contributed by atoms with E-state index in [-0.39, 0.29) is 29.2 Å². The lowest BCUT2D eigenvalue weighted by molar-refractivity contribution is -0.118. The number of aromatic nitrogens is 2. The monoisotopic (exact) mass is 406 g/mol. The second-order valence-corrected chi connectivity index (χ2v) is 8.86. The van der Waals surface area contributed by atoms with Crippen LogP contribution in [0, 0.1) is 11.8 Å². The third kappa shape index (κ3) is 5.58. The summed E-state index contributed by atoms with van der Waals surface area (Å²) in [5.74, 6) is 0.205. The van der Waals surface area contributed by atoms with Crippen LogP contribution in [0.25, 0.3) is 0 Å². The molecule has 0 aliphatic rings. The van der Waals surface area contributed by atoms with Crippen molar-refractivity contribution in [1.82, 2.24) is 9.55 Å². The molecule has 2 heterocycles. The maximum Gasteiger partial charge on any atom is 0.330 e. The van der Waals surface area contributed by atoms with Crippen molar-refractivity contribution >= 4 is 28.7 Å². The van der Waals surface area contributed by atoms with Crippen LogP contribution >= 0.6 is 11.3 Å². The predicted molar refractivity (Wildman–Crippen MR) is 115 cm³/mol. The number of nitrogens with one attached hydrogen (secondary N) is 1. The normalized spacial score (nSPS) is 11.4. The van der Waals surface area contributed by atoms with E-state index in [0.29, 0.717) is 25.9 Å². The number of thiophene rings is 1. The van der Waals surface area contributed by atoms with Gasteiger partial charge in [0.25, 0.3) is 5.56 Å². The highest BCUT2D eigenvalue weighted by Gasteiger charge is 2.24. The van der Waals surface area contributed by atoms with Crippen LogP contribution in [0.1, 0.15) is 45.4 Å². The minimum Gasteiger partial charge on any atom is -0.383 e. The lowest BCUT2D eigenvalue weighted by Crippen LogP contribution is -2.43. The molecule has 0 saturated carbocycles. The number of amides is 1. The third-order valence-electron chi connectivity index (χ3n) is 4.27. The number of anilines is 2. The SMILES string of the molecule is CC(C)CN(C(=O)CCCc1cccs1)c1c(N)n(CC(C)C)c(=O)[nH]c1=O. The summed E-state index contributed by atoms with van der Waals surface area (Å²) in [4.78, 5) is 42.7. The molecule has 0 saturated heterocycles. The number of rotatable bonds is 9. The van der Waals surface area contributed by atoms with Crippen molar-refractivity contribution in [3.63, 3.8) is 0 Å². The fourth-order valence-corrected chi connectivity index (χ4v) is 3.82. The Kier molecular flexibility index (Phi) is 7.62. The number of nitrogens with two attached hydrogens (primary N) is 1. The summed E-state index contributed by atoms with van der Waals surface area (Å²) in [6, 6.07) is 4.04. The number of aromatic amines is 1. The number of nitrogens with zero attached hydrogens (tertiary/aromatic N) is 2. The molecular weight excluding hydrogens is 376 g/mol. The molecule has 0 unspecified atom stereocenters. The first-order valence-electron chi connectivity index (χ1n) is 9.66. The quantitative estimate of drug-likeness (QED) is 0.668. The molecule has 2 aromatic rings. The maximum absolute atomic E-state index is 13.0. The number of carbonyl (C=O) groups is 1. The van der Waals surface area contributed by atoms with Crippen LogP contribution in [0.15, 0.2) is 27.1 Å². The average molecular weight is 407 g/mol. The molecule has 1 amide bonds. The van der Waals surface area contributed by atoms with Crippen molar-refractivity contribution in [3.05, 3.63) is 43.2 Å². The third-order valence-corrected chi connectivity index (χ3v) is 5.21. The zero-order chi connectivity index (χ0) is 20.8. The first-order chi connectivity index (χ1) is 13.2. The fourth-order valence-electron chi connectivity index (χ4n) is 3.07. The molecule has 0 bridgehead atoms. The number of aryl methyl sites for hydroxylation is 1. The number of hydrogen-bond acceptors (Lipinski definition) is 5. The molecule has 0 radical (unpaired) electrons. The molecule has 0 aromatic carbocycles. The maximum atomic E-state index is 13.0. The molecule has 2 rings (SSSR count). The zero-order valence-corrected chi connectivity index (χ0v) is 17.8. The second-order valence-electron chi connectivity index (χ2n) is 7.83. The lowest BCUT2D eigenvalue weighted by Gasteiger charge is -2.26. The van der Waals surface area contributed by atoms with Gasteiger partial charge < -0.3 is 10.6 Å². The molecule has 8 heteroatoms. The van der Waals surface area contributed by atoms with Crippen LogP contribution in [0.3, 0.4) is 0 Å². The Morgan fingerprint density at radius 3 is 2.54 bits per heavy atom. The molecule has 0 aliphatic carbocycles. The van der Waals surface area contributed by atoms with Gasteiger partial charge in [0.2, 0.25) is 5.91 Å². The number of hydrogen-bond donors (Lipinski definition) is 2. The van der Waals surface area contributed by atoms with Crippen LogP contribution in [0.5, 0.6) is 0 Å². The summed E-state index contributed by atoms with van der Waals surface area (Å²) in [5, 5.41) is 2.01. The highest BCUT2D eigenvalue weighted by Crippen LogP contribution is 2.21. The van der Waals surface area contributed by atoms with Crippen LogP contribution in [-0.2, 0) is 17.8 Å². The van der Waals surface area contributed by atoms with Gasteiger partial charge >= 0.3 is 5.69 Å².